The molecule has 0 fully saturated rings. The van der Waals surface area contributed by atoms with Crippen molar-refractivity contribution in [3.63, 3.8) is 0 Å². The summed E-state index contributed by atoms with van der Waals surface area (Å²) in [6, 6.07) is 12.7. The van der Waals surface area contributed by atoms with Gasteiger partial charge in [0.2, 0.25) is 5.91 Å². The third-order valence-corrected chi connectivity index (χ3v) is 4.44. The summed E-state index contributed by atoms with van der Waals surface area (Å²) in [7, 11) is 1.29. The zero-order valence-electron chi connectivity index (χ0n) is 14.4. The van der Waals surface area contributed by atoms with Crippen LogP contribution < -0.4 is 10.1 Å². The zero-order chi connectivity index (χ0) is 18.5. The first kappa shape index (κ1) is 17.9. The summed E-state index contributed by atoms with van der Waals surface area (Å²) in [5.74, 6) is -0.608. The molecule has 1 amide bonds. The lowest BCUT2D eigenvalue weighted by Crippen LogP contribution is -2.40. The second kappa shape index (κ2) is 7.99. The molecule has 1 aliphatic heterocycles. The standard InChI is InChI=1S/C20H20FNO4/c1-25-19(23)11-17(13-6-8-16(21)9-7-13)22-20(24)15-10-14-4-2-3-5-18(14)26-12-15/h2-9,15,17H,10-12H2,1H3,(H,22,24)/t15-,17+/m0/s1. The number of carbonyl (C=O) groups is 2. The molecule has 0 aromatic heterocycles. The second-order valence-electron chi connectivity index (χ2n) is 6.21. The molecule has 2 aromatic carbocycles. The van der Waals surface area contributed by atoms with Gasteiger partial charge in [-0.15, -0.1) is 0 Å². The van der Waals surface area contributed by atoms with Crippen LogP contribution in [0.25, 0.3) is 0 Å². The second-order valence-corrected chi connectivity index (χ2v) is 6.21. The number of hydrogen-bond donors (Lipinski definition) is 1. The van der Waals surface area contributed by atoms with Crippen LogP contribution in [0.3, 0.4) is 0 Å². The van der Waals surface area contributed by atoms with Gasteiger partial charge in [-0.05, 0) is 35.7 Å². The molecule has 2 aromatic rings. The number of nitrogens with one attached hydrogen (secondary N) is 1. The van der Waals surface area contributed by atoms with E-state index in [0.29, 0.717) is 12.0 Å². The van der Waals surface area contributed by atoms with Gasteiger partial charge in [0.05, 0.1) is 25.5 Å². The number of carbonyl (C=O) groups excluding carboxylic acids is 2. The van der Waals surface area contributed by atoms with Crippen molar-refractivity contribution in [3.8, 4) is 5.75 Å². The number of esters is 1. The smallest absolute Gasteiger partial charge is 0.307 e. The van der Waals surface area contributed by atoms with E-state index in [1.165, 1.54) is 19.2 Å². The fourth-order valence-corrected chi connectivity index (χ4v) is 2.98. The molecule has 0 radical (unpaired) electrons. The number of halogens is 1. The molecule has 6 heteroatoms. The highest BCUT2D eigenvalue weighted by atomic mass is 19.1. The van der Waals surface area contributed by atoms with Gasteiger partial charge in [-0.25, -0.2) is 4.39 Å². The normalized spacial score (nSPS) is 16.8. The Kier molecular flexibility index (Phi) is 5.51. The number of rotatable bonds is 5. The molecule has 26 heavy (non-hydrogen) atoms. The van der Waals surface area contributed by atoms with Gasteiger partial charge in [0, 0.05) is 0 Å². The van der Waals surface area contributed by atoms with E-state index in [9.17, 15) is 14.0 Å². The van der Waals surface area contributed by atoms with Gasteiger partial charge in [0.25, 0.3) is 0 Å². The molecular formula is C20H20FNO4. The lowest BCUT2D eigenvalue weighted by Gasteiger charge is -2.27. The first-order valence-corrected chi connectivity index (χ1v) is 8.40. The minimum atomic E-state index is -0.590. The molecule has 2 atom stereocenters. The Balaban J connectivity index is 1.73. The van der Waals surface area contributed by atoms with Crippen molar-refractivity contribution in [1.29, 1.82) is 0 Å². The molecule has 0 unspecified atom stereocenters. The van der Waals surface area contributed by atoms with E-state index in [-0.39, 0.29) is 30.7 Å². The van der Waals surface area contributed by atoms with E-state index < -0.39 is 12.0 Å². The third-order valence-electron chi connectivity index (χ3n) is 4.44. The van der Waals surface area contributed by atoms with Crippen LogP contribution in [0.5, 0.6) is 5.75 Å². The van der Waals surface area contributed by atoms with E-state index in [2.05, 4.69) is 5.32 Å². The van der Waals surface area contributed by atoms with Crippen LogP contribution in [-0.2, 0) is 20.7 Å². The first-order valence-electron chi connectivity index (χ1n) is 8.40. The number of ether oxygens (including phenoxy) is 2. The molecule has 0 spiro atoms. The lowest BCUT2D eigenvalue weighted by atomic mass is 9.95. The largest absolute Gasteiger partial charge is 0.492 e. The number of fused-ring (bicyclic) bond motifs is 1. The van der Waals surface area contributed by atoms with Crippen LogP contribution in [0.4, 0.5) is 4.39 Å². The predicted molar refractivity (Wildman–Crippen MR) is 93.0 cm³/mol. The van der Waals surface area contributed by atoms with Crippen molar-refractivity contribution in [3.05, 3.63) is 65.5 Å². The van der Waals surface area contributed by atoms with E-state index in [0.717, 1.165) is 11.3 Å². The molecule has 5 nitrogen and oxygen atoms in total. The summed E-state index contributed by atoms with van der Waals surface area (Å²) < 4.78 is 23.5. The SMILES string of the molecule is COC(=O)C[C@@H](NC(=O)[C@@H]1COc2ccccc2C1)c1ccc(F)cc1. The fraction of sp³-hybridized carbons (Fsp3) is 0.300. The van der Waals surface area contributed by atoms with Gasteiger partial charge in [0.1, 0.15) is 18.2 Å². The predicted octanol–water partition coefficient (Wildman–Crippen LogP) is 2.80. The van der Waals surface area contributed by atoms with E-state index in [1.54, 1.807) is 12.1 Å². The monoisotopic (exact) mass is 357 g/mol. The van der Waals surface area contributed by atoms with Crippen molar-refractivity contribution >= 4 is 11.9 Å². The van der Waals surface area contributed by atoms with Crippen molar-refractivity contribution < 1.29 is 23.5 Å². The van der Waals surface area contributed by atoms with Gasteiger partial charge in [0.15, 0.2) is 0 Å². The number of hydrogen-bond acceptors (Lipinski definition) is 4. The Labute approximate surface area is 151 Å². The number of amides is 1. The average Bonchev–Trinajstić information content (AvgIpc) is 2.67. The Bertz CT molecular complexity index is 791. The highest BCUT2D eigenvalue weighted by molar-refractivity contribution is 5.81. The molecule has 0 saturated carbocycles. The maximum absolute atomic E-state index is 13.2. The molecular weight excluding hydrogens is 337 g/mol. The number of methoxy groups -OCH3 is 1. The summed E-state index contributed by atoms with van der Waals surface area (Å²) in [5.41, 5.74) is 1.62. The van der Waals surface area contributed by atoms with Gasteiger partial charge < -0.3 is 14.8 Å². The van der Waals surface area contributed by atoms with Crippen LogP contribution in [0.15, 0.2) is 48.5 Å². The van der Waals surface area contributed by atoms with Crippen LogP contribution in [0.1, 0.15) is 23.6 Å². The summed E-state index contributed by atoms with van der Waals surface area (Å²) >= 11 is 0. The van der Waals surface area contributed by atoms with Crippen LogP contribution >= 0.6 is 0 Å². The van der Waals surface area contributed by atoms with E-state index in [1.807, 2.05) is 24.3 Å². The van der Waals surface area contributed by atoms with Crippen molar-refractivity contribution in [1.82, 2.24) is 5.32 Å². The van der Waals surface area contributed by atoms with Crippen LogP contribution in [0.2, 0.25) is 0 Å². The van der Waals surface area contributed by atoms with Gasteiger partial charge >= 0.3 is 5.97 Å². The average molecular weight is 357 g/mol. The summed E-state index contributed by atoms with van der Waals surface area (Å²) in [4.78, 5) is 24.4. The minimum absolute atomic E-state index is 0.0297. The topological polar surface area (TPSA) is 64.6 Å². The summed E-state index contributed by atoms with van der Waals surface area (Å²) in [5, 5.41) is 2.88. The van der Waals surface area contributed by atoms with Crippen molar-refractivity contribution in [2.45, 2.75) is 18.9 Å². The highest BCUT2D eigenvalue weighted by Crippen LogP contribution is 2.27. The molecule has 1 N–H and O–H groups in total. The minimum Gasteiger partial charge on any atom is -0.492 e. The summed E-state index contributed by atoms with van der Waals surface area (Å²) in [6.45, 7) is 0.275. The van der Waals surface area contributed by atoms with Gasteiger partial charge in [-0.1, -0.05) is 30.3 Å². The van der Waals surface area contributed by atoms with Gasteiger partial charge in [-0.3, -0.25) is 9.59 Å². The van der Waals surface area contributed by atoms with Crippen LogP contribution in [-0.4, -0.2) is 25.6 Å². The lowest BCUT2D eigenvalue weighted by molar-refractivity contribution is -0.141. The number of benzene rings is 2. The maximum atomic E-state index is 13.2. The van der Waals surface area contributed by atoms with E-state index in [4.69, 9.17) is 9.47 Å². The molecule has 136 valence electrons. The van der Waals surface area contributed by atoms with Crippen molar-refractivity contribution in [2.24, 2.45) is 5.92 Å². The Morgan fingerprint density at radius 3 is 2.69 bits per heavy atom. The molecule has 1 heterocycles. The fourth-order valence-electron chi connectivity index (χ4n) is 2.98. The van der Waals surface area contributed by atoms with Crippen molar-refractivity contribution in [2.75, 3.05) is 13.7 Å². The van der Waals surface area contributed by atoms with Crippen LogP contribution in [0, 0.1) is 11.7 Å². The molecule has 0 saturated heterocycles. The Morgan fingerprint density at radius 1 is 1.23 bits per heavy atom. The summed E-state index contributed by atoms with van der Waals surface area (Å²) in [6.07, 6.45) is 0.536. The number of para-hydroxylation sites is 1. The van der Waals surface area contributed by atoms with Gasteiger partial charge in [-0.2, -0.15) is 0 Å². The Morgan fingerprint density at radius 2 is 1.96 bits per heavy atom. The molecule has 0 bridgehead atoms. The molecule has 3 rings (SSSR count). The highest BCUT2D eigenvalue weighted by Gasteiger charge is 2.28. The molecule has 0 aliphatic carbocycles. The third kappa shape index (κ3) is 4.20. The quantitative estimate of drug-likeness (QED) is 0.836. The zero-order valence-corrected chi connectivity index (χ0v) is 14.4. The molecule has 1 aliphatic rings. The first-order chi connectivity index (χ1) is 12.6. The van der Waals surface area contributed by atoms with E-state index >= 15 is 0 Å². The Hall–Kier alpha value is -2.89. The maximum Gasteiger partial charge on any atom is 0.307 e.